The minimum atomic E-state index is -6.17. The molecule has 14 heavy (non-hydrogen) atoms. The molecule has 0 aromatic carbocycles. The topological polar surface area (TPSA) is 26.3 Å². The fourth-order valence-electron chi connectivity index (χ4n) is 0.387. The number of halogens is 8. The van der Waals surface area contributed by atoms with Crippen molar-refractivity contribution in [1.29, 1.82) is 0 Å². The van der Waals surface area contributed by atoms with Gasteiger partial charge in [0, 0.05) is 0 Å². The maximum Gasteiger partial charge on any atom is 0.497 e. The van der Waals surface area contributed by atoms with Gasteiger partial charge >= 0.3 is 23.6 Å². The van der Waals surface area contributed by atoms with Crippen molar-refractivity contribution in [2.45, 2.75) is 17.4 Å². The van der Waals surface area contributed by atoms with E-state index in [1.807, 2.05) is 0 Å². The smallest absolute Gasteiger partial charge is 0.398 e. The number of carbonyl (C=O) groups excluding carboxylic acids is 1. The van der Waals surface area contributed by atoms with Crippen molar-refractivity contribution >= 4 is 17.8 Å². The molecule has 0 aliphatic heterocycles. The molecule has 0 saturated heterocycles. The zero-order valence-corrected chi connectivity index (χ0v) is 6.60. The summed E-state index contributed by atoms with van der Waals surface area (Å²) in [7, 11) is 0. The highest BCUT2D eigenvalue weighted by atomic mass is 35.5. The Labute approximate surface area is 76.6 Å². The van der Waals surface area contributed by atoms with Crippen LogP contribution in [0.25, 0.3) is 0 Å². The summed E-state index contributed by atoms with van der Waals surface area (Å²) >= 11 is 3.95. The summed E-state index contributed by atoms with van der Waals surface area (Å²) in [6.07, 6.45) is -15.6. The highest BCUT2D eigenvalue weighted by Crippen LogP contribution is 2.48. The number of alkyl halides is 7. The van der Waals surface area contributed by atoms with Gasteiger partial charge in [-0.3, -0.25) is 0 Å². The SMILES string of the molecule is O=C(F)OC(Cl)(C(F)(F)F)C(F)(F)F. The van der Waals surface area contributed by atoms with Crippen LogP contribution in [0, 0.1) is 0 Å². The van der Waals surface area contributed by atoms with Crippen LogP contribution < -0.4 is 0 Å². The second-order valence-corrected chi connectivity index (χ2v) is 2.46. The molecule has 2 nitrogen and oxygen atoms in total. The van der Waals surface area contributed by atoms with Gasteiger partial charge in [-0.2, -0.15) is 26.3 Å². The Morgan fingerprint density at radius 2 is 1.29 bits per heavy atom. The molecule has 0 amide bonds. The summed E-state index contributed by atoms with van der Waals surface area (Å²) in [5, 5.41) is -5.36. The predicted molar refractivity (Wildman–Crippen MR) is 28.3 cm³/mol. The van der Waals surface area contributed by atoms with Crippen LogP contribution in [0.2, 0.25) is 0 Å². The van der Waals surface area contributed by atoms with Crippen LogP contribution >= 0.6 is 11.6 Å². The average Bonchev–Trinajstić information content (AvgIpc) is 1.79. The lowest BCUT2D eigenvalue weighted by atomic mass is 10.3. The Balaban J connectivity index is 5.18. The molecule has 0 saturated carbocycles. The summed E-state index contributed by atoms with van der Waals surface area (Å²) < 4.78 is 83.7. The largest absolute Gasteiger partial charge is 0.497 e. The Morgan fingerprint density at radius 3 is 1.36 bits per heavy atom. The lowest BCUT2D eigenvalue weighted by Gasteiger charge is -2.29. The van der Waals surface area contributed by atoms with Gasteiger partial charge in [-0.25, -0.2) is 4.79 Å². The maximum absolute atomic E-state index is 11.7. The number of ether oxygens (including phenoxy) is 1. The molecule has 10 heteroatoms. The quantitative estimate of drug-likeness (QED) is 0.405. The number of carbonyl (C=O) groups is 1. The lowest BCUT2D eigenvalue weighted by Crippen LogP contribution is -2.54. The molecule has 0 aliphatic carbocycles. The van der Waals surface area contributed by atoms with E-state index in [1.54, 1.807) is 0 Å². The third kappa shape index (κ3) is 2.40. The molecule has 0 fully saturated rings. The molecule has 0 unspecified atom stereocenters. The standard InChI is InChI=1S/C4ClF7O2/c5-2(3(7,8)9,4(10,11)12)14-1(6)13. The molecule has 0 rings (SSSR count). The van der Waals surface area contributed by atoms with E-state index in [1.165, 1.54) is 0 Å². The lowest BCUT2D eigenvalue weighted by molar-refractivity contribution is -0.330. The first-order chi connectivity index (χ1) is 5.92. The maximum atomic E-state index is 11.7. The van der Waals surface area contributed by atoms with E-state index < -0.39 is 23.6 Å². The first kappa shape index (κ1) is 13.3. The second-order valence-electron chi connectivity index (χ2n) is 1.93. The molecule has 0 bridgehead atoms. The molecule has 0 N–H and O–H groups in total. The van der Waals surface area contributed by atoms with Gasteiger partial charge in [0.1, 0.15) is 0 Å². The number of rotatable bonds is 1. The second kappa shape index (κ2) is 3.44. The summed E-state index contributed by atoms with van der Waals surface area (Å²) in [4.78, 5) is 9.38. The summed E-state index contributed by atoms with van der Waals surface area (Å²) in [5.74, 6) is 0. The highest BCUT2D eigenvalue weighted by molar-refractivity contribution is 6.24. The van der Waals surface area contributed by atoms with Gasteiger partial charge in [-0.1, -0.05) is 11.6 Å². The molecule has 0 atom stereocenters. The monoisotopic (exact) mass is 248 g/mol. The molecular formula is C4ClF7O2. The molecule has 0 aromatic heterocycles. The van der Waals surface area contributed by atoms with E-state index in [4.69, 9.17) is 0 Å². The van der Waals surface area contributed by atoms with Gasteiger partial charge in [-0.05, 0) is 0 Å². The van der Waals surface area contributed by atoms with Crippen molar-refractivity contribution in [3.8, 4) is 0 Å². The van der Waals surface area contributed by atoms with Gasteiger partial charge < -0.3 is 4.74 Å². The van der Waals surface area contributed by atoms with Crippen LogP contribution in [0.4, 0.5) is 35.5 Å². The summed E-state index contributed by atoms with van der Waals surface area (Å²) in [6.45, 7) is 0. The zero-order chi connectivity index (χ0) is 11.8. The van der Waals surface area contributed by atoms with Crippen molar-refractivity contribution in [3.05, 3.63) is 0 Å². The number of hydrogen-bond donors (Lipinski definition) is 0. The van der Waals surface area contributed by atoms with Crippen LogP contribution in [0.3, 0.4) is 0 Å². The van der Waals surface area contributed by atoms with Gasteiger partial charge in [0.25, 0.3) is 0 Å². The normalized spacial score (nSPS) is 14.0. The Bertz CT molecular complexity index is 217. The van der Waals surface area contributed by atoms with Crippen LogP contribution in [0.5, 0.6) is 0 Å². The van der Waals surface area contributed by atoms with E-state index in [-0.39, 0.29) is 0 Å². The minimum absolute atomic E-state index is 2.38. The fraction of sp³-hybridized carbons (Fsp3) is 0.750. The van der Waals surface area contributed by atoms with Gasteiger partial charge in [0.05, 0.1) is 0 Å². The first-order valence-electron chi connectivity index (χ1n) is 2.62. The van der Waals surface area contributed by atoms with Crippen LogP contribution in [0.15, 0.2) is 0 Å². The molecule has 84 valence electrons. The Morgan fingerprint density at radius 1 is 1.00 bits per heavy atom. The van der Waals surface area contributed by atoms with Crippen molar-refractivity contribution in [1.82, 2.24) is 0 Å². The van der Waals surface area contributed by atoms with Crippen molar-refractivity contribution in [3.63, 3.8) is 0 Å². The van der Waals surface area contributed by atoms with Crippen molar-refractivity contribution < 1.29 is 40.3 Å². The highest BCUT2D eigenvalue weighted by Gasteiger charge is 2.74. The third-order valence-corrected chi connectivity index (χ3v) is 1.46. The van der Waals surface area contributed by atoms with E-state index >= 15 is 0 Å². The zero-order valence-electron chi connectivity index (χ0n) is 5.84. The molecule has 0 aromatic rings. The Kier molecular flexibility index (Phi) is 3.27. The van der Waals surface area contributed by atoms with Crippen molar-refractivity contribution in [2.24, 2.45) is 0 Å². The van der Waals surface area contributed by atoms with E-state index in [2.05, 4.69) is 16.3 Å². The van der Waals surface area contributed by atoms with E-state index in [0.29, 0.717) is 0 Å². The molecular weight excluding hydrogens is 248 g/mol. The summed E-state index contributed by atoms with van der Waals surface area (Å²) in [5.41, 5.74) is 0. The van der Waals surface area contributed by atoms with Crippen LogP contribution in [0.1, 0.15) is 0 Å². The van der Waals surface area contributed by atoms with E-state index in [9.17, 15) is 35.5 Å². The molecule has 0 heterocycles. The molecule has 0 spiro atoms. The Hall–Kier alpha value is -0.730. The van der Waals surface area contributed by atoms with Gasteiger partial charge in [0.2, 0.25) is 0 Å². The first-order valence-corrected chi connectivity index (χ1v) is 3.00. The fourth-order valence-corrected chi connectivity index (χ4v) is 0.448. The van der Waals surface area contributed by atoms with Crippen LogP contribution in [-0.4, -0.2) is 23.6 Å². The number of hydrogen-bond acceptors (Lipinski definition) is 2. The van der Waals surface area contributed by atoms with Crippen LogP contribution in [-0.2, 0) is 4.74 Å². The minimum Gasteiger partial charge on any atom is -0.398 e. The van der Waals surface area contributed by atoms with Crippen molar-refractivity contribution in [2.75, 3.05) is 0 Å². The van der Waals surface area contributed by atoms with Gasteiger partial charge in [0.15, 0.2) is 0 Å². The molecule has 0 radical (unpaired) electrons. The van der Waals surface area contributed by atoms with E-state index in [0.717, 1.165) is 0 Å². The average molecular weight is 248 g/mol. The van der Waals surface area contributed by atoms with Gasteiger partial charge in [-0.15, -0.1) is 4.39 Å². The predicted octanol–water partition coefficient (Wildman–Crippen LogP) is 3.15. The third-order valence-electron chi connectivity index (χ3n) is 0.950. The summed E-state index contributed by atoms with van der Waals surface area (Å²) in [6, 6.07) is 0. The molecule has 0 aliphatic rings.